The highest BCUT2D eigenvalue weighted by Gasteiger charge is 2.13. The van der Waals surface area contributed by atoms with Gasteiger partial charge in [-0.25, -0.2) is 5.43 Å². The lowest BCUT2D eigenvalue weighted by Crippen LogP contribution is -2.28. The number of hydrogen-bond acceptors (Lipinski definition) is 5. The minimum absolute atomic E-state index is 0.0949. The molecule has 25 heavy (non-hydrogen) atoms. The van der Waals surface area contributed by atoms with Crippen LogP contribution in [0.3, 0.4) is 0 Å². The fourth-order valence-corrected chi connectivity index (χ4v) is 3.57. The van der Waals surface area contributed by atoms with Crippen LogP contribution in [0.1, 0.15) is 31.4 Å². The van der Waals surface area contributed by atoms with Crippen LogP contribution in [0.15, 0.2) is 56.9 Å². The van der Waals surface area contributed by atoms with E-state index in [2.05, 4.69) is 15.4 Å². The van der Waals surface area contributed by atoms with Crippen LogP contribution < -0.4 is 10.3 Å². The van der Waals surface area contributed by atoms with Gasteiger partial charge in [0.25, 0.3) is 0 Å². The Morgan fingerprint density at radius 2 is 1.96 bits per heavy atom. The number of thioether (sulfide) groups is 1. The molecule has 0 saturated carbocycles. The van der Waals surface area contributed by atoms with E-state index < -0.39 is 0 Å². The fourth-order valence-electron chi connectivity index (χ4n) is 2.70. The number of nitrogens with one attached hydrogen (secondary N) is 1. The largest absolute Gasteiger partial charge is 0.440 e. The average Bonchev–Trinajstić information content (AvgIpc) is 3.12. The Balaban J connectivity index is 1.39. The summed E-state index contributed by atoms with van der Waals surface area (Å²) in [6.07, 6.45) is 5.69. The zero-order valence-electron chi connectivity index (χ0n) is 14.2. The average molecular weight is 357 g/mol. The number of hydrogen-bond donors (Lipinski definition) is 1. The molecule has 0 spiro atoms. The molecule has 0 aliphatic carbocycles. The third kappa shape index (κ3) is 5.67. The smallest absolute Gasteiger partial charge is 0.240 e. The zero-order valence-corrected chi connectivity index (χ0v) is 15.0. The number of amides is 1. The predicted molar refractivity (Wildman–Crippen MR) is 102 cm³/mol. The van der Waals surface area contributed by atoms with Gasteiger partial charge in [0, 0.05) is 36.2 Å². The van der Waals surface area contributed by atoms with Crippen LogP contribution >= 0.6 is 11.8 Å². The van der Waals surface area contributed by atoms with Crippen molar-refractivity contribution in [2.75, 3.05) is 23.7 Å². The first-order valence-corrected chi connectivity index (χ1v) is 9.64. The quantitative estimate of drug-likeness (QED) is 0.464. The van der Waals surface area contributed by atoms with Crippen LogP contribution in [-0.4, -0.2) is 31.0 Å². The minimum atomic E-state index is -0.0949. The fraction of sp³-hybridized carbons (Fsp3) is 0.368. The van der Waals surface area contributed by atoms with E-state index in [-0.39, 0.29) is 5.91 Å². The van der Waals surface area contributed by atoms with Crippen LogP contribution in [0.5, 0.6) is 0 Å². The molecular weight excluding hydrogens is 334 g/mol. The number of benzene rings is 1. The van der Waals surface area contributed by atoms with Gasteiger partial charge in [-0.2, -0.15) is 5.10 Å². The van der Waals surface area contributed by atoms with Crippen molar-refractivity contribution < 1.29 is 9.21 Å². The van der Waals surface area contributed by atoms with E-state index in [1.807, 2.05) is 42.5 Å². The maximum atomic E-state index is 11.8. The highest BCUT2D eigenvalue weighted by atomic mass is 32.2. The van der Waals surface area contributed by atoms with Crippen LogP contribution in [0.25, 0.3) is 0 Å². The third-order valence-corrected chi connectivity index (χ3v) is 5.02. The molecule has 1 aromatic carbocycles. The van der Waals surface area contributed by atoms with Crippen molar-refractivity contribution in [2.45, 2.75) is 30.6 Å². The molecule has 1 N–H and O–H groups in total. The molecule has 1 fully saturated rings. The van der Waals surface area contributed by atoms with Crippen molar-refractivity contribution in [3.05, 3.63) is 48.2 Å². The van der Waals surface area contributed by atoms with Gasteiger partial charge in [0.05, 0.1) is 6.21 Å². The number of nitrogens with zero attached hydrogens (tertiary/aromatic N) is 2. The first-order valence-electron chi connectivity index (χ1n) is 8.66. The second-order valence-corrected chi connectivity index (χ2v) is 7.10. The van der Waals surface area contributed by atoms with E-state index in [1.54, 1.807) is 18.0 Å². The predicted octanol–water partition coefficient (Wildman–Crippen LogP) is 3.90. The number of furan rings is 1. The topological polar surface area (TPSA) is 57.8 Å². The van der Waals surface area contributed by atoms with Crippen molar-refractivity contribution in [3.63, 3.8) is 0 Å². The van der Waals surface area contributed by atoms with Crippen molar-refractivity contribution >= 4 is 29.8 Å². The van der Waals surface area contributed by atoms with Crippen molar-refractivity contribution in [1.82, 2.24) is 5.43 Å². The van der Waals surface area contributed by atoms with E-state index in [9.17, 15) is 4.79 Å². The van der Waals surface area contributed by atoms with Gasteiger partial charge in [-0.15, -0.1) is 11.8 Å². The molecular formula is C19H23N3O2S. The molecule has 2 aromatic rings. The summed E-state index contributed by atoms with van der Waals surface area (Å²) in [6, 6.07) is 13.9. The molecule has 1 aliphatic heterocycles. The van der Waals surface area contributed by atoms with E-state index in [0.717, 1.165) is 24.7 Å². The number of carbonyl (C=O) groups excluding carboxylic acids is 1. The Labute approximate surface area is 152 Å². The molecule has 3 rings (SSSR count). The lowest BCUT2D eigenvalue weighted by molar-refractivity contribution is -0.120. The number of rotatable bonds is 7. The molecule has 1 aromatic heterocycles. The van der Waals surface area contributed by atoms with Gasteiger partial charge >= 0.3 is 0 Å². The summed E-state index contributed by atoms with van der Waals surface area (Å²) < 4.78 is 5.77. The summed E-state index contributed by atoms with van der Waals surface area (Å²) in [6.45, 7) is 2.08. The van der Waals surface area contributed by atoms with Gasteiger partial charge in [-0.3, -0.25) is 4.79 Å². The SMILES string of the molecule is O=C(CCSc1ccccc1)N/N=C\c1ccc(N2CCCCC2)o1. The van der Waals surface area contributed by atoms with E-state index in [1.165, 1.54) is 24.2 Å². The standard InChI is InChI=1S/C19H23N3O2S/c23-18(11-14-25-17-7-3-1-4-8-17)21-20-15-16-9-10-19(24-16)22-12-5-2-6-13-22/h1,3-4,7-10,15H,2,5-6,11-14H2,(H,21,23)/b20-15-. The third-order valence-electron chi connectivity index (χ3n) is 4.00. The maximum absolute atomic E-state index is 11.8. The molecule has 5 nitrogen and oxygen atoms in total. The van der Waals surface area contributed by atoms with Gasteiger partial charge in [-0.05, 0) is 37.5 Å². The second-order valence-electron chi connectivity index (χ2n) is 5.93. The second kappa shape index (κ2) is 9.32. The van der Waals surface area contributed by atoms with E-state index >= 15 is 0 Å². The molecule has 1 aliphatic rings. The van der Waals surface area contributed by atoms with E-state index in [4.69, 9.17) is 4.42 Å². The van der Waals surface area contributed by atoms with Crippen LogP contribution in [0.2, 0.25) is 0 Å². The lowest BCUT2D eigenvalue weighted by atomic mass is 10.1. The van der Waals surface area contributed by atoms with Gasteiger partial charge in [0.1, 0.15) is 5.76 Å². The normalized spacial score (nSPS) is 14.8. The number of piperidine rings is 1. The molecule has 2 heterocycles. The first-order chi connectivity index (χ1) is 12.3. The Morgan fingerprint density at radius 1 is 1.16 bits per heavy atom. The molecule has 0 radical (unpaired) electrons. The van der Waals surface area contributed by atoms with Crippen molar-refractivity contribution in [3.8, 4) is 0 Å². The molecule has 0 unspecified atom stereocenters. The molecule has 0 bridgehead atoms. The summed E-state index contributed by atoms with van der Waals surface area (Å²) in [4.78, 5) is 15.2. The van der Waals surface area contributed by atoms with Crippen LogP contribution in [-0.2, 0) is 4.79 Å². The summed E-state index contributed by atoms with van der Waals surface area (Å²) in [7, 11) is 0. The Hall–Kier alpha value is -2.21. The Kier molecular flexibility index (Phi) is 6.56. The Bertz CT molecular complexity index is 694. The summed E-state index contributed by atoms with van der Waals surface area (Å²) in [5.74, 6) is 2.17. The number of hydrazone groups is 1. The zero-order chi connectivity index (χ0) is 17.3. The van der Waals surface area contributed by atoms with Gasteiger partial charge in [-0.1, -0.05) is 18.2 Å². The van der Waals surface area contributed by atoms with Crippen LogP contribution in [0, 0.1) is 0 Å². The Morgan fingerprint density at radius 3 is 2.76 bits per heavy atom. The van der Waals surface area contributed by atoms with Crippen molar-refractivity contribution in [1.29, 1.82) is 0 Å². The number of carbonyl (C=O) groups is 1. The van der Waals surface area contributed by atoms with Gasteiger partial charge in [0.2, 0.25) is 5.91 Å². The van der Waals surface area contributed by atoms with Gasteiger partial charge in [0.15, 0.2) is 5.88 Å². The van der Waals surface area contributed by atoms with Gasteiger partial charge < -0.3 is 9.32 Å². The summed E-state index contributed by atoms with van der Waals surface area (Å²) in [5, 5.41) is 3.98. The van der Waals surface area contributed by atoms with Crippen molar-refractivity contribution in [2.24, 2.45) is 5.10 Å². The molecule has 6 heteroatoms. The highest BCUT2D eigenvalue weighted by molar-refractivity contribution is 7.99. The minimum Gasteiger partial charge on any atom is -0.440 e. The molecule has 132 valence electrons. The maximum Gasteiger partial charge on any atom is 0.240 e. The molecule has 1 amide bonds. The first kappa shape index (κ1) is 17.6. The van der Waals surface area contributed by atoms with E-state index in [0.29, 0.717) is 12.2 Å². The highest BCUT2D eigenvalue weighted by Crippen LogP contribution is 2.21. The number of anilines is 1. The molecule has 0 atom stereocenters. The molecule has 1 saturated heterocycles. The lowest BCUT2D eigenvalue weighted by Gasteiger charge is -2.25. The monoisotopic (exact) mass is 357 g/mol. The summed E-state index contributed by atoms with van der Waals surface area (Å²) >= 11 is 1.66. The summed E-state index contributed by atoms with van der Waals surface area (Å²) in [5.41, 5.74) is 2.55. The van der Waals surface area contributed by atoms with Crippen LogP contribution in [0.4, 0.5) is 5.88 Å².